The summed E-state index contributed by atoms with van der Waals surface area (Å²) in [5.41, 5.74) is 10.5. The SMILES string of the molecule is CC1(O)CCn2c(-c3cc4cccc(Cl)c4n3CC3CC3)nc3cc(C(=O)N4CC5CCC4C5N)cc1c32. The van der Waals surface area contributed by atoms with Crippen molar-refractivity contribution in [2.45, 2.75) is 69.8 Å². The Hall–Kier alpha value is -2.87. The van der Waals surface area contributed by atoms with Gasteiger partial charge in [-0.1, -0.05) is 23.7 Å². The first-order valence-electron chi connectivity index (χ1n) is 13.9. The Morgan fingerprint density at radius 3 is 2.76 bits per heavy atom. The lowest BCUT2D eigenvalue weighted by atomic mass is 9.87. The van der Waals surface area contributed by atoms with Crippen molar-refractivity contribution in [1.82, 2.24) is 19.0 Å². The number of para-hydroxylation sites is 1. The molecule has 4 aliphatic rings. The average molecular weight is 530 g/mol. The molecule has 8 heteroatoms. The van der Waals surface area contributed by atoms with Gasteiger partial charge in [-0.05, 0) is 75.1 Å². The third-order valence-electron chi connectivity index (χ3n) is 9.64. The Morgan fingerprint density at radius 2 is 2.03 bits per heavy atom. The summed E-state index contributed by atoms with van der Waals surface area (Å²) in [4.78, 5) is 20.9. The summed E-state index contributed by atoms with van der Waals surface area (Å²) >= 11 is 6.72. The van der Waals surface area contributed by atoms with Crippen LogP contribution in [0.2, 0.25) is 5.02 Å². The topological polar surface area (TPSA) is 89.3 Å². The Labute approximate surface area is 226 Å². The molecule has 3 fully saturated rings. The summed E-state index contributed by atoms with van der Waals surface area (Å²) in [6, 6.07) is 12.2. The second-order valence-corrected chi connectivity index (χ2v) is 12.6. The van der Waals surface area contributed by atoms with E-state index in [-0.39, 0.29) is 18.0 Å². The van der Waals surface area contributed by atoms with Crippen LogP contribution in [0, 0.1) is 11.8 Å². The normalized spacial score (nSPS) is 28.2. The van der Waals surface area contributed by atoms with E-state index < -0.39 is 5.60 Å². The Bertz CT molecular complexity index is 1650. The summed E-state index contributed by atoms with van der Waals surface area (Å²) in [5.74, 6) is 1.92. The highest BCUT2D eigenvalue weighted by molar-refractivity contribution is 6.35. The second-order valence-electron chi connectivity index (χ2n) is 12.2. The van der Waals surface area contributed by atoms with Crippen LogP contribution in [0.4, 0.5) is 0 Å². The molecule has 1 saturated heterocycles. The molecule has 2 bridgehead atoms. The molecule has 196 valence electrons. The van der Waals surface area contributed by atoms with E-state index in [9.17, 15) is 9.90 Å². The van der Waals surface area contributed by atoms with Crippen molar-refractivity contribution in [2.75, 3.05) is 6.54 Å². The number of likely N-dealkylation sites (tertiary alicyclic amines) is 1. The first kappa shape index (κ1) is 23.1. The first-order valence-corrected chi connectivity index (χ1v) is 14.3. The lowest BCUT2D eigenvalue weighted by molar-refractivity contribution is 0.0398. The molecular weight excluding hydrogens is 498 g/mol. The summed E-state index contributed by atoms with van der Waals surface area (Å²) in [7, 11) is 0. The van der Waals surface area contributed by atoms with Gasteiger partial charge in [0.25, 0.3) is 5.91 Å². The van der Waals surface area contributed by atoms with Crippen LogP contribution < -0.4 is 5.73 Å². The van der Waals surface area contributed by atoms with Crippen LogP contribution in [0.25, 0.3) is 33.5 Å². The predicted molar refractivity (Wildman–Crippen MR) is 148 cm³/mol. The van der Waals surface area contributed by atoms with Crippen molar-refractivity contribution in [3.63, 3.8) is 0 Å². The third kappa shape index (κ3) is 3.22. The van der Waals surface area contributed by atoms with Gasteiger partial charge in [0.05, 0.1) is 32.9 Å². The number of aromatic nitrogens is 3. The van der Waals surface area contributed by atoms with Gasteiger partial charge in [0.1, 0.15) is 0 Å². The van der Waals surface area contributed by atoms with Crippen LogP contribution in [0.5, 0.6) is 0 Å². The highest BCUT2D eigenvalue weighted by atomic mass is 35.5. The van der Waals surface area contributed by atoms with Crippen LogP contribution in [0.15, 0.2) is 36.4 Å². The number of aryl methyl sites for hydroxylation is 1. The van der Waals surface area contributed by atoms with Crippen LogP contribution in [-0.2, 0) is 18.7 Å². The largest absolute Gasteiger partial charge is 0.385 e. The van der Waals surface area contributed by atoms with Gasteiger partial charge in [0.15, 0.2) is 5.82 Å². The molecule has 2 aromatic heterocycles. The monoisotopic (exact) mass is 529 g/mol. The molecule has 0 spiro atoms. The summed E-state index contributed by atoms with van der Waals surface area (Å²) in [6.07, 6.45) is 5.10. The number of nitrogens with zero attached hydrogens (tertiary/aromatic N) is 4. The number of benzene rings is 2. The van der Waals surface area contributed by atoms with Crippen molar-refractivity contribution in [2.24, 2.45) is 17.6 Å². The Balaban J connectivity index is 1.31. The van der Waals surface area contributed by atoms with Gasteiger partial charge >= 0.3 is 0 Å². The molecule has 8 rings (SSSR count). The van der Waals surface area contributed by atoms with Gasteiger partial charge in [-0.25, -0.2) is 4.98 Å². The zero-order chi connectivity index (χ0) is 25.9. The van der Waals surface area contributed by atoms with Crippen LogP contribution in [0.1, 0.15) is 54.9 Å². The zero-order valence-corrected chi connectivity index (χ0v) is 22.3. The molecule has 38 heavy (non-hydrogen) atoms. The molecule has 7 nitrogen and oxygen atoms in total. The highest BCUT2D eigenvalue weighted by Gasteiger charge is 2.47. The van der Waals surface area contributed by atoms with Crippen molar-refractivity contribution in [3.05, 3.63) is 52.5 Å². The van der Waals surface area contributed by atoms with E-state index in [0.717, 1.165) is 70.0 Å². The number of aliphatic hydroxyl groups is 1. The number of piperidine rings is 1. The number of carbonyl (C=O) groups is 1. The van der Waals surface area contributed by atoms with Gasteiger partial charge in [-0.15, -0.1) is 0 Å². The van der Waals surface area contributed by atoms with Crippen LogP contribution >= 0.6 is 11.6 Å². The fourth-order valence-corrected chi connectivity index (χ4v) is 7.62. The number of hydrogen-bond donors (Lipinski definition) is 2. The molecular formula is C30H32ClN5O2. The smallest absolute Gasteiger partial charge is 0.254 e. The van der Waals surface area contributed by atoms with E-state index in [2.05, 4.69) is 21.3 Å². The summed E-state index contributed by atoms with van der Waals surface area (Å²) < 4.78 is 4.57. The molecule has 2 aliphatic carbocycles. The average Bonchev–Trinajstić information content (AvgIpc) is 3.23. The van der Waals surface area contributed by atoms with Crippen LogP contribution in [0.3, 0.4) is 0 Å². The number of amides is 1. The molecule has 3 N–H and O–H groups in total. The minimum Gasteiger partial charge on any atom is -0.385 e. The predicted octanol–water partition coefficient (Wildman–Crippen LogP) is 4.89. The first-order chi connectivity index (χ1) is 18.3. The van der Waals surface area contributed by atoms with E-state index in [1.807, 2.05) is 36.1 Å². The second kappa shape index (κ2) is 7.84. The number of fused-ring (bicyclic) bond motifs is 3. The Morgan fingerprint density at radius 1 is 1.18 bits per heavy atom. The van der Waals surface area contributed by atoms with E-state index in [1.165, 1.54) is 12.8 Å². The maximum atomic E-state index is 13.8. The minimum absolute atomic E-state index is 0.00194. The number of rotatable bonds is 4. The van der Waals surface area contributed by atoms with Crippen molar-refractivity contribution in [1.29, 1.82) is 0 Å². The van der Waals surface area contributed by atoms with Crippen molar-refractivity contribution in [3.8, 4) is 11.5 Å². The van der Waals surface area contributed by atoms with Gasteiger partial charge in [-0.3, -0.25) is 4.79 Å². The van der Waals surface area contributed by atoms with E-state index in [1.54, 1.807) is 0 Å². The van der Waals surface area contributed by atoms with Crippen LogP contribution in [-0.4, -0.2) is 48.7 Å². The van der Waals surface area contributed by atoms with Crippen molar-refractivity contribution < 1.29 is 9.90 Å². The van der Waals surface area contributed by atoms with Gasteiger partial charge in [-0.2, -0.15) is 0 Å². The van der Waals surface area contributed by atoms with E-state index in [4.69, 9.17) is 22.3 Å². The van der Waals surface area contributed by atoms with Gasteiger partial charge < -0.3 is 24.9 Å². The lowest BCUT2D eigenvalue weighted by Crippen LogP contribution is -2.41. The maximum Gasteiger partial charge on any atom is 0.254 e. The highest BCUT2D eigenvalue weighted by Crippen LogP contribution is 2.43. The molecule has 2 aliphatic heterocycles. The summed E-state index contributed by atoms with van der Waals surface area (Å²) in [6.45, 7) is 4.14. The number of imidazole rings is 1. The summed E-state index contributed by atoms with van der Waals surface area (Å²) in [5, 5.41) is 13.3. The third-order valence-corrected chi connectivity index (χ3v) is 9.95. The molecule has 4 atom stereocenters. The number of hydrogen-bond acceptors (Lipinski definition) is 4. The van der Waals surface area contributed by atoms with Gasteiger partial charge in [0, 0.05) is 48.2 Å². The van der Waals surface area contributed by atoms with E-state index in [0.29, 0.717) is 30.4 Å². The van der Waals surface area contributed by atoms with Gasteiger partial charge in [0.2, 0.25) is 0 Å². The standard InChI is InChI=1S/C30H32ClN5O2/c1-30(38)9-10-34-27-20(30)11-19(29(37)36-15-18-7-8-23(36)25(18)32)12-22(27)33-28(34)24-13-17-3-2-4-21(31)26(17)35(24)14-16-5-6-16/h2-4,11-13,16,18,23,25,38H,5-10,14-15,32H2,1H3. The lowest BCUT2D eigenvalue weighted by Gasteiger charge is -2.32. The zero-order valence-electron chi connectivity index (χ0n) is 21.5. The fraction of sp³-hybridized carbons (Fsp3) is 0.467. The number of nitrogens with two attached hydrogens (primary N) is 1. The molecule has 1 amide bonds. The molecule has 4 aromatic rings. The quantitative estimate of drug-likeness (QED) is 0.394. The van der Waals surface area contributed by atoms with E-state index >= 15 is 0 Å². The molecule has 2 aromatic carbocycles. The van der Waals surface area contributed by atoms with Crippen molar-refractivity contribution >= 4 is 39.4 Å². The Kier molecular flexibility index (Phi) is 4.76. The number of halogens is 1. The fourth-order valence-electron chi connectivity index (χ4n) is 7.34. The molecule has 0 radical (unpaired) electrons. The number of carbonyl (C=O) groups excluding carboxylic acids is 1. The maximum absolute atomic E-state index is 13.8. The molecule has 2 saturated carbocycles. The minimum atomic E-state index is -1.04. The molecule has 4 heterocycles. The molecule has 4 unspecified atom stereocenters.